The van der Waals surface area contributed by atoms with Gasteiger partial charge in [-0.05, 0) is 56.2 Å². The molecule has 2 aliphatic rings. The van der Waals surface area contributed by atoms with Gasteiger partial charge >= 0.3 is 6.03 Å². The standard InChI is InChI=1S/C26H30N6O3/c1-18-17-35-14-11-32(18)24-15-23(19-8-12-34-13-9-19)30-25(31-24)20-4-6-21(7-5-20)28-26(33)29-22-3-2-10-27-16-22/h2-7,10,15-16,18-19H,8-9,11-14,17H2,1H3,(H2,28,29,33)/t18-/m1/s1. The van der Waals surface area contributed by atoms with Crippen molar-refractivity contribution in [1.29, 1.82) is 0 Å². The quantitative estimate of drug-likeness (QED) is 0.568. The zero-order valence-electron chi connectivity index (χ0n) is 19.8. The highest BCUT2D eigenvalue weighted by atomic mass is 16.5. The summed E-state index contributed by atoms with van der Waals surface area (Å²) < 4.78 is 11.2. The molecular weight excluding hydrogens is 444 g/mol. The third kappa shape index (κ3) is 5.75. The lowest BCUT2D eigenvalue weighted by Crippen LogP contribution is -2.44. The summed E-state index contributed by atoms with van der Waals surface area (Å²) in [7, 11) is 0. The number of carbonyl (C=O) groups excluding carboxylic acids is 1. The van der Waals surface area contributed by atoms with Gasteiger partial charge in [0.1, 0.15) is 5.82 Å². The van der Waals surface area contributed by atoms with Gasteiger partial charge in [-0.15, -0.1) is 0 Å². The second-order valence-corrected chi connectivity index (χ2v) is 8.88. The lowest BCUT2D eigenvalue weighted by molar-refractivity contribution is 0.0844. The summed E-state index contributed by atoms with van der Waals surface area (Å²) >= 11 is 0. The van der Waals surface area contributed by atoms with E-state index in [0.29, 0.717) is 36.3 Å². The number of rotatable bonds is 5. The van der Waals surface area contributed by atoms with Crippen LogP contribution in [0.15, 0.2) is 54.9 Å². The van der Waals surface area contributed by atoms with Crippen LogP contribution in [0, 0.1) is 0 Å². The number of nitrogens with one attached hydrogen (secondary N) is 2. The number of ether oxygens (including phenoxy) is 2. The summed E-state index contributed by atoms with van der Waals surface area (Å²) in [5, 5.41) is 5.61. The molecule has 4 heterocycles. The summed E-state index contributed by atoms with van der Waals surface area (Å²) in [5.41, 5.74) is 3.27. The number of pyridine rings is 1. The molecule has 0 bridgehead atoms. The van der Waals surface area contributed by atoms with E-state index in [1.807, 2.05) is 24.3 Å². The fourth-order valence-electron chi connectivity index (χ4n) is 4.43. The number of morpholine rings is 1. The minimum absolute atomic E-state index is 0.249. The largest absolute Gasteiger partial charge is 0.381 e. The van der Waals surface area contributed by atoms with Gasteiger partial charge in [0, 0.05) is 54.9 Å². The molecule has 1 atom stereocenters. The molecule has 182 valence electrons. The second kappa shape index (κ2) is 10.8. The number of anilines is 3. The van der Waals surface area contributed by atoms with Gasteiger partial charge in [-0.1, -0.05) is 0 Å². The molecule has 0 aliphatic carbocycles. The van der Waals surface area contributed by atoms with E-state index in [9.17, 15) is 4.79 Å². The topological polar surface area (TPSA) is 102 Å². The number of urea groups is 1. The molecule has 9 heteroatoms. The number of nitrogens with zero attached hydrogens (tertiary/aromatic N) is 4. The van der Waals surface area contributed by atoms with Crippen LogP contribution in [0.2, 0.25) is 0 Å². The van der Waals surface area contributed by atoms with Crippen molar-refractivity contribution in [3.8, 4) is 11.4 Å². The average Bonchev–Trinajstić information content (AvgIpc) is 2.90. The zero-order chi connectivity index (χ0) is 24.0. The number of aromatic nitrogens is 3. The van der Waals surface area contributed by atoms with E-state index in [4.69, 9.17) is 19.4 Å². The Bertz CT molecular complexity index is 1140. The van der Waals surface area contributed by atoms with Gasteiger partial charge < -0.3 is 25.0 Å². The Kier molecular flexibility index (Phi) is 7.15. The Balaban J connectivity index is 1.37. The Morgan fingerprint density at radius 2 is 1.80 bits per heavy atom. The number of amides is 2. The molecule has 0 saturated carbocycles. The van der Waals surface area contributed by atoms with Crippen molar-refractivity contribution in [3.05, 3.63) is 60.6 Å². The highest BCUT2D eigenvalue weighted by Gasteiger charge is 2.24. The summed E-state index contributed by atoms with van der Waals surface area (Å²) in [5.74, 6) is 1.98. The maximum atomic E-state index is 12.3. The second-order valence-electron chi connectivity index (χ2n) is 8.88. The van der Waals surface area contributed by atoms with Crippen molar-refractivity contribution >= 4 is 23.2 Å². The molecule has 2 N–H and O–H groups in total. The molecule has 0 spiro atoms. The first kappa shape index (κ1) is 23.2. The van der Waals surface area contributed by atoms with E-state index < -0.39 is 0 Å². The maximum Gasteiger partial charge on any atom is 0.323 e. The van der Waals surface area contributed by atoms with Crippen molar-refractivity contribution < 1.29 is 14.3 Å². The molecule has 1 aromatic carbocycles. The van der Waals surface area contributed by atoms with Crippen molar-refractivity contribution in [2.24, 2.45) is 0 Å². The molecule has 2 aromatic heterocycles. The van der Waals surface area contributed by atoms with Crippen LogP contribution in [0.3, 0.4) is 0 Å². The van der Waals surface area contributed by atoms with E-state index >= 15 is 0 Å². The van der Waals surface area contributed by atoms with Crippen molar-refractivity contribution in [2.45, 2.75) is 31.7 Å². The van der Waals surface area contributed by atoms with Crippen LogP contribution in [0.1, 0.15) is 31.4 Å². The average molecular weight is 475 g/mol. The van der Waals surface area contributed by atoms with E-state index in [1.165, 1.54) is 0 Å². The number of hydrogen-bond donors (Lipinski definition) is 2. The fourth-order valence-corrected chi connectivity index (χ4v) is 4.43. The van der Waals surface area contributed by atoms with Gasteiger partial charge in [0.05, 0.1) is 31.1 Å². The first-order valence-electron chi connectivity index (χ1n) is 12.1. The SMILES string of the molecule is C[C@@H]1COCCN1c1cc(C2CCOCC2)nc(-c2ccc(NC(=O)Nc3cccnc3)cc2)n1. The predicted molar refractivity (Wildman–Crippen MR) is 135 cm³/mol. The first-order chi connectivity index (χ1) is 17.2. The molecule has 3 aromatic rings. The number of benzene rings is 1. The zero-order valence-corrected chi connectivity index (χ0v) is 19.8. The first-order valence-corrected chi connectivity index (χ1v) is 12.1. The van der Waals surface area contributed by atoms with Gasteiger partial charge in [0.2, 0.25) is 0 Å². The van der Waals surface area contributed by atoms with Crippen LogP contribution in [-0.2, 0) is 9.47 Å². The number of carbonyl (C=O) groups is 1. The lowest BCUT2D eigenvalue weighted by atomic mass is 9.96. The molecule has 5 rings (SSSR count). The normalized spacial score (nSPS) is 18.8. The molecule has 35 heavy (non-hydrogen) atoms. The summed E-state index contributed by atoms with van der Waals surface area (Å²) in [6.07, 6.45) is 5.18. The minimum Gasteiger partial charge on any atom is -0.381 e. The van der Waals surface area contributed by atoms with Gasteiger partial charge in [0.25, 0.3) is 0 Å². The lowest BCUT2D eigenvalue weighted by Gasteiger charge is -2.35. The highest BCUT2D eigenvalue weighted by Crippen LogP contribution is 2.31. The van der Waals surface area contributed by atoms with Crippen LogP contribution in [-0.4, -0.2) is 60.0 Å². The molecule has 9 nitrogen and oxygen atoms in total. The van der Waals surface area contributed by atoms with Crippen LogP contribution in [0.4, 0.5) is 22.0 Å². The fraction of sp³-hybridized carbons (Fsp3) is 0.385. The molecule has 2 fully saturated rings. The smallest absolute Gasteiger partial charge is 0.323 e. The van der Waals surface area contributed by atoms with Crippen molar-refractivity contribution in [2.75, 3.05) is 48.5 Å². The van der Waals surface area contributed by atoms with Crippen molar-refractivity contribution in [1.82, 2.24) is 15.0 Å². The van der Waals surface area contributed by atoms with Gasteiger partial charge in [-0.2, -0.15) is 0 Å². The molecule has 0 unspecified atom stereocenters. The predicted octanol–water partition coefficient (Wildman–Crippen LogP) is 4.30. The van der Waals surface area contributed by atoms with E-state index in [2.05, 4.69) is 33.5 Å². The third-order valence-electron chi connectivity index (χ3n) is 6.35. The van der Waals surface area contributed by atoms with Gasteiger partial charge in [-0.3, -0.25) is 4.98 Å². The Labute approximate surface area is 204 Å². The molecule has 2 aliphatic heterocycles. The Morgan fingerprint density at radius 3 is 2.54 bits per heavy atom. The van der Waals surface area contributed by atoms with Crippen LogP contribution < -0.4 is 15.5 Å². The van der Waals surface area contributed by atoms with Crippen molar-refractivity contribution in [3.63, 3.8) is 0 Å². The molecular formula is C26H30N6O3. The Hall–Kier alpha value is -3.56. The highest BCUT2D eigenvalue weighted by molar-refractivity contribution is 5.99. The molecule has 2 saturated heterocycles. The third-order valence-corrected chi connectivity index (χ3v) is 6.35. The van der Waals surface area contributed by atoms with Gasteiger partial charge in [-0.25, -0.2) is 14.8 Å². The van der Waals surface area contributed by atoms with Crippen LogP contribution >= 0.6 is 0 Å². The summed E-state index contributed by atoms with van der Waals surface area (Å²) in [4.78, 5) is 28.5. The van der Waals surface area contributed by atoms with E-state index in [-0.39, 0.29) is 12.1 Å². The van der Waals surface area contributed by atoms with Crippen LogP contribution in [0.25, 0.3) is 11.4 Å². The van der Waals surface area contributed by atoms with E-state index in [1.54, 1.807) is 24.5 Å². The molecule has 0 radical (unpaired) electrons. The number of hydrogen-bond acceptors (Lipinski definition) is 7. The van der Waals surface area contributed by atoms with Gasteiger partial charge in [0.15, 0.2) is 5.82 Å². The summed E-state index contributed by atoms with van der Waals surface area (Å²) in [6, 6.07) is 13.2. The Morgan fingerprint density at radius 1 is 1.00 bits per heavy atom. The minimum atomic E-state index is -0.327. The summed E-state index contributed by atoms with van der Waals surface area (Å²) in [6.45, 7) is 5.86. The van der Waals surface area contributed by atoms with E-state index in [0.717, 1.165) is 49.7 Å². The van der Waals surface area contributed by atoms with Crippen LogP contribution in [0.5, 0.6) is 0 Å². The molecule has 2 amide bonds. The monoisotopic (exact) mass is 474 g/mol. The maximum absolute atomic E-state index is 12.3.